The number of hydrogen-bond acceptors (Lipinski definition) is 4. The number of nitrogens with zero attached hydrogens (tertiary/aromatic N) is 4. The van der Waals surface area contributed by atoms with Crippen LogP contribution in [-0.4, -0.2) is 0 Å². The largest absolute Gasteiger partial charge is 0.198 e. The van der Waals surface area contributed by atoms with Gasteiger partial charge in [-0.25, -0.2) is 0 Å². The van der Waals surface area contributed by atoms with Gasteiger partial charge < -0.3 is 0 Å². The first kappa shape index (κ1) is 12.3. The number of rotatable bonds is 2. The van der Waals surface area contributed by atoms with Crippen molar-refractivity contribution in [1.82, 2.24) is 0 Å². The Hall–Kier alpha value is -2.82. The molecule has 1 unspecified atom stereocenters. The zero-order valence-corrected chi connectivity index (χ0v) is 9.23. The van der Waals surface area contributed by atoms with Crippen LogP contribution in [0.4, 0.5) is 0 Å². The van der Waals surface area contributed by atoms with Gasteiger partial charge in [-0.3, -0.25) is 0 Å². The summed E-state index contributed by atoms with van der Waals surface area (Å²) in [5.74, 6) is -0.426. The number of benzene rings is 1. The van der Waals surface area contributed by atoms with E-state index < -0.39 is 5.92 Å². The van der Waals surface area contributed by atoms with Gasteiger partial charge in [0, 0.05) is 0 Å². The minimum atomic E-state index is -0.426. The molecule has 0 N–H and O–H groups in total. The summed E-state index contributed by atoms with van der Waals surface area (Å²) < 4.78 is 0. The highest BCUT2D eigenvalue weighted by Gasteiger charge is 2.16. The van der Waals surface area contributed by atoms with Crippen LogP contribution in [0.25, 0.3) is 0 Å². The van der Waals surface area contributed by atoms with Crippen LogP contribution in [0, 0.1) is 45.3 Å². The van der Waals surface area contributed by atoms with Crippen molar-refractivity contribution in [3.63, 3.8) is 0 Å². The number of hydrogen-bond donors (Lipinski definition) is 0. The average Bonchev–Trinajstić information content (AvgIpc) is 2.39. The predicted molar refractivity (Wildman–Crippen MR) is 59.2 cm³/mol. The van der Waals surface area contributed by atoms with Gasteiger partial charge in [-0.1, -0.05) is 6.92 Å². The molecule has 0 saturated heterocycles. The third-order valence-corrected chi connectivity index (χ3v) is 2.49. The van der Waals surface area contributed by atoms with E-state index in [4.69, 9.17) is 21.0 Å². The molecule has 80 valence electrons. The molecule has 0 aliphatic carbocycles. The first-order chi connectivity index (χ1) is 8.21. The fraction of sp³-hybridized carbons (Fsp3) is 0.231. The first-order valence-electron chi connectivity index (χ1n) is 4.99. The van der Waals surface area contributed by atoms with Gasteiger partial charge in [0.15, 0.2) is 0 Å². The molecule has 1 atom stereocenters. The van der Waals surface area contributed by atoms with Gasteiger partial charge in [0.05, 0.1) is 34.7 Å². The van der Waals surface area contributed by atoms with E-state index in [0.717, 1.165) is 0 Å². The van der Waals surface area contributed by atoms with Gasteiger partial charge in [0.25, 0.3) is 0 Å². The van der Waals surface area contributed by atoms with Crippen LogP contribution in [0.3, 0.4) is 0 Å². The Balaban J connectivity index is 3.54. The first-order valence-corrected chi connectivity index (χ1v) is 4.99. The topological polar surface area (TPSA) is 95.2 Å². The monoisotopic (exact) mass is 220 g/mol. The van der Waals surface area contributed by atoms with Crippen molar-refractivity contribution in [2.45, 2.75) is 19.3 Å². The van der Waals surface area contributed by atoms with Crippen molar-refractivity contribution < 1.29 is 0 Å². The van der Waals surface area contributed by atoms with Crippen LogP contribution in [0.1, 0.15) is 41.5 Å². The molecule has 0 spiro atoms. The molecule has 0 aliphatic rings. The van der Waals surface area contributed by atoms with Gasteiger partial charge in [0.2, 0.25) is 0 Å². The minimum absolute atomic E-state index is 0.167. The van der Waals surface area contributed by atoms with E-state index in [1.807, 2.05) is 25.1 Å². The quantitative estimate of drug-likeness (QED) is 0.763. The van der Waals surface area contributed by atoms with Crippen LogP contribution < -0.4 is 0 Å². The summed E-state index contributed by atoms with van der Waals surface area (Å²) in [7, 11) is 0. The van der Waals surface area contributed by atoms with Crippen LogP contribution in [0.15, 0.2) is 12.1 Å². The molecule has 1 rings (SSSR count). The number of nitriles is 4. The molecule has 0 bridgehead atoms. The second-order valence-electron chi connectivity index (χ2n) is 3.41. The highest BCUT2D eigenvalue weighted by Crippen LogP contribution is 2.25. The van der Waals surface area contributed by atoms with Gasteiger partial charge in [-0.15, -0.1) is 0 Å². The Labute approximate surface area is 99.6 Å². The summed E-state index contributed by atoms with van der Waals surface area (Å²) in [5.41, 5.74) is 1.18. The van der Waals surface area contributed by atoms with Crippen molar-refractivity contribution >= 4 is 0 Å². The van der Waals surface area contributed by atoms with Gasteiger partial charge >= 0.3 is 0 Å². The van der Waals surface area contributed by atoms with Crippen LogP contribution in [0.2, 0.25) is 0 Å². The van der Waals surface area contributed by atoms with Gasteiger partial charge in [-0.05, 0) is 24.1 Å². The van der Waals surface area contributed by atoms with Crippen molar-refractivity contribution in [2.75, 3.05) is 0 Å². The standard InChI is InChI=1S/C13H8N4/c1-2-9(5-14)13-4-11(7-16)10(6-15)3-12(13)8-17/h3-4,9H,2H2,1H3. The summed E-state index contributed by atoms with van der Waals surface area (Å²) in [6.07, 6.45) is 0.557. The Morgan fingerprint density at radius 1 is 0.941 bits per heavy atom. The fourth-order valence-electron chi connectivity index (χ4n) is 1.57. The molecule has 4 heteroatoms. The smallest absolute Gasteiger partial charge is 0.101 e. The molecular weight excluding hydrogens is 212 g/mol. The van der Waals surface area contributed by atoms with Crippen molar-refractivity contribution in [1.29, 1.82) is 21.0 Å². The Morgan fingerprint density at radius 2 is 1.47 bits per heavy atom. The van der Waals surface area contributed by atoms with E-state index in [-0.39, 0.29) is 16.7 Å². The molecule has 0 amide bonds. The zero-order valence-electron chi connectivity index (χ0n) is 9.23. The van der Waals surface area contributed by atoms with Gasteiger partial charge in [0.1, 0.15) is 12.1 Å². The lowest BCUT2D eigenvalue weighted by Crippen LogP contribution is -2.00. The predicted octanol–water partition coefficient (Wildman–Crippen LogP) is 2.32. The minimum Gasteiger partial charge on any atom is -0.198 e. The van der Waals surface area contributed by atoms with E-state index >= 15 is 0 Å². The summed E-state index contributed by atoms with van der Waals surface area (Å²) in [5, 5.41) is 35.7. The molecule has 0 aromatic heterocycles. The lowest BCUT2D eigenvalue weighted by molar-refractivity contribution is 0.815. The average molecular weight is 220 g/mol. The van der Waals surface area contributed by atoms with Crippen LogP contribution in [0.5, 0.6) is 0 Å². The van der Waals surface area contributed by atoms with Gasteiger partial charge in [-0.2, -0.15) is 21.0 Å². The van der Waals surface area contributed by atoms with Crippen molar-refractivity contribution in [3.05, 3.63) is 34.4 Å². The maximum atomic E-state index is 8.99. The van der Waals surface area contributed by atoms with Crippen LogP contribution >= 0.6 is 0 Å². The highest BCUT2D eigenvalue weighted by atomic mass is 14.3. The Morgan fingerprint density at radius 3 is 1.88 bits per heavy atom. The summed E-state index contributed by atoms with van der Waals surface area (Å²) >= 11 is 0. The summed E-state index contributed by atoms with van der Waals surface area (Å²) in [6.45, 7) is 1.83. The molecule has 0 saturated carbocycles. The summed E-state index contributed by atoms with van der Waals surface area (Å²) in [6, 6.07) is 10.6. The summed E-state index contributed by atoms with van der Waals surface area (Å²) in [4.78, 5) is 0. The maximum absolute atomic E-state index is 8.99. The normalized spacial score (nSPS) is 10.4. The zero-order chi connectivity index (χ0) is 12.8. The molecule has 4 nitrogen and oxygen atoms in total. The van der Waals surface area contributed by atoms with E-state index in [1.54, 1.807) is 0 Å². The van der Waals surface area contributed by atoms with E-state index in [9.17, 15) is 0 Å². The molecule has 0 aliphatic heterocycles. The maximum Gasteiger partial charge on any atom is 0.101 e. The van der Waals surface area contributed by atoms with Crippen LogP contribution in [-0.2, 0) is 0 Å². The second kappa shape index (κ2) is 5.32. The lowest BCUT2D eigenvalue weighted by atomic mass is 9.90. The van der Waals surface area contributed by atoms with Crippen molar-refractivity contribution in [2.24, 2.45) is 0 Å². The molecular formula is C13H8N4. The van der Waals surface area contributed by atoms with Crippen molar-refractivity contribution in [3.8, 4) is 24.3 Å². The second-order valence-corrected chi connectivity index (χ2v) is 3.41. The van der Waals surface area contributed by atoms with E-state index in [0.29, 0.717) is 12.0 Å². The lowest BCUT2D eigenvalue weighted by Gasteiger charge is -2.09. The molecule has 1 aromatic rings. The molecule has 0 heterocycles. The Bertz CT molecular complexity index is 603. The highest BCUT2D eigenvalue weighted by molar-refractivity contribution is 5.55. The van der Waals surface area contributed by atoms with E-state index in [2.05, 4.69) is 6.07 Å². The molecule has 1 aromatic carbocycles. The third-order valence-electron chi connectivity index (χ3n) is 2.49. The molecule has 0 radical (unpaired) electrons. The van der Waals surface area contributed by atoms with E-state index in [1.165, 1.54) is 12.1 Å². The molecule has 17 heavy (non-hydrogen) atoms. The fourth-order valence-corrected chi connectivity index (χ4v) is 1.57. The Kier molecular flexibility index (Phi) is 3.83. The SMILES string of the molecule is CCC(C#N)c1cc(C#N)c(C#N)cc1C#N. The third kappa shape index (κ3) is 2.23. The molecule has 0 fully saturated rings.